The summed E-state index contributed by atoms with van der Waals surface area (Å²) in [6, 6.07) is -0.862. The monoisotopic (exact) mass is 1140 g/mol. The van der Waals surface area contributed by atoms with Crippen molar-refractivity contribution in [2.24, 2.45) is 0 Å². The topological polar surface area (TPSA) is 105 Å². The van der Waals surface area contributed by atoms with Gasteiger partial charge in [0.05, 0.1) is 39.9 Å². The van der Waals surface area contributed by atoms with Crippen molar-refractivity contribution in [1.29, 1.82) is 0 Å². The van der Waals surface area contributed by atoms with Crippen LogP contribution in [0.2, 0.25) is 0 Å². The number of hydrogen-bond acceptors (Lipinski definition) is 5. The van der Waals surface area contributed by atoms with Gasteiger partial charge in [-0.3, -0.25) is 13.8 Å². The normalized spacial score (nSPS) is 13.8. The van der Waals surface area contributed by atoms with Crippen LogP contribution in [0.4, 0.5) is 0 Å². The minimum absolute atomic E-state index is 0.0591. The number of phosphoric acid groups is 1. The number of phosphoric ester groups is 1. The summed E-state index contributed by atoms with van der Waals surface area (Å²) in [5.41, 5.74) is 0. The Balaban J connectivity index is 4.06. The van der Waals surface area contributed by atoms with Crippen LogP contribution in [0.1, 0.15) is 367 Å². The van der Waals surface area contributed by atoms with E-state index in [4.69, 9.17) is 9.05 Å². The number of aliphatic hydroxyl groups is 1. The van der Waals surface area contributed by atoms with Crippen LogP contribution in [-0.2, 0) is 18.4 Å². The molecule has 0 aliphatic rings. The number of rotatable bonds is 66. The number of nitrogens with one attached hydrogen (secondary N) is 1. The Kier molecular flexibility index (Phi) is 60.7. The second-order valence-electron chi connectivity index (χ2n) is 25.6. The van der Waals surface area contributed by atoms with Gasteiger partial charge in [0.2, 0.25) is 5.91 Å². The van der Waals surface area contributed by atoms with Crippen LogP contribution in [0.3, 0.4) is 0 Å². The molecule has 9 heteroatoms. The molecule has 0 aromatic carbocycles. The zero-order valence-corrected chi connectivity index (χ0v) is 54.8. The minimum atomic E-state index is -4.36. The van der Waals surface area contributed by atoms with E-state index >= 15 is 0 Å². The summed E-state index contributed by atoms with van der Waals surface area (Å²) in [7, 11) is 1.57. The van der Waals surface area contributed by atoms with Crippen molar-refractivity contribution in [2.45, 2.75) is 379 Å². The molecule has 470 valence electrons. The van der Waals surface area contributed by atoms with Gasteiger partial charge in [0, 0.05) is 6.42 Å². The summed E-state index contributed by atoms with van der Waals surface area (Å²) < 4.78 is 23.8. The largest absolute Gasteiger partial charge is 0.472 e. The van der Waals surface area contributed by atoms with E-state index in [1.807, 2.05) is 27.2 Å². The summed E-state index contributed by atoms with van der Waals surface area (Å²) in [5, 5.41) is 14.0. The number of allylic oxidation sites excluding steroid dienone is 3. The summed E-state index contributed by atoms with van der Waals surface area (Å²) in [4.78, 5) is 23.4. The molecule has 0 aromatic heterocycles. The predicted molar refractivity (Wildman–Crippen MR) is 346 cm³/mol. The Bertz CT molecular complexity index is 1340. The van der Waals surface area contributed by atoms with Crippen LogP contribution >= 0.6 is 7.82 Å². The van der Waals surface area contributed by atoms with E-state index in [9.17, 15) is 19.4 Å². The van der Waals surface area contributed by atoms with Crippen LogP contribution in [0, 0.1) is 0 Å². The molecule has 0 saturated carbocycles. The van der Waals surface area contributed by atoms with Crippen molar-refractivity contribution >= 4 is 13.7 Å². The van der Waals surface area contributed by atoms with Crippen molar-refractivity contribution in [3.05, 3.63) is 24.3 Å². The van der Waals surface area contributed by atoms with E-state index in [0.717, 1.165) is 38.5 Å². The maximum absolute atomic E-state index is 13.0. The number of aliphatic hydroxyl groups excluding tert-OH is 1. The number of likely N-dealkylation sites (N-methyl/N-ethyl adjacent to an activating group) is 1. The maximum atomic E-state index is 13.0. The molecule has 0 heterocycles. The Morgan fingerprint density at radius 2 is 0.696 bits per heavy atom. The standard InChI is InChI=1S/C70H139N2O6P/c1-6-8-10-12-14-16-18-20-22-24-26-28-30-32-34-35-36-38-40-42-44-46-48-50-52-54-56-58-60-62-64-70(74)71-68(67-78-79(75,76)77-66-65-72(3,4)5)69(73)63-61-59-57-55-53-51-49-47-45-43-41-39-37-33-31-29-27-25-23-21-19-17-15-13-11-9-7-2/h53,55,61,63,68-69,73H,6-52,54,56-60,62,64-67H2,1-5H3,(H-,71,74,75,76)/p+1/b55-53+,63-61+. The van der Waals surface area contributed by atoms with Crippen molar-refractivity contribution < 1.29 is 32.9 Å². The molecule has 0 aliphatic carbocycles. The number of carbonyl (C=O) groups excluding carboxylic acids is 1. The lowest BCUT2D eigenvalue weighted by Crippen LogP contribution is -2.45. The molecule has 79 heavy (non-hydrogen) atoms. The molecule has 0 rings (SSSR count). The lowest BCUT2D eigenvalue weighted by Gasteiger charge is -2.25. The summed E-state index contributed by atoms with van der Waals surface area (Å²) in [5.74, 6) is -0.178. The number of hydrogen-bond donors (Lipinski definition) is 3. The highest BCUT2D eigenvalue weighted by molar-refractivity contribution is 7.47. The smallest absolute Gasteiger partial charge is 0.387 e. The molecule has 0 aliphatic heterocycles. The van der Waals surface area contributed by atoms with E-state index in [1.54, 1.807) is 6.08 Å². The molecule has 0 spiro atoms. The maximum Gasteiger partial charge on any atom is 0.472 e. The molecule has 1 amide bonds. The zero-order chi connectivity index (χ0) is 57.7. The van der Waals surface area contributed by atoms with Gasteiger partial charge in [-0.05, 0) is 32.1 Å². The van der Waals surface area contributed by atoms with Crippen molar-refractivity contribution in [1.82, 2.24) is 5.32 Å². The van der Waals surface area contributed by atoms with Crippen LogP contribution < -0.4 is 5.32 Å². The first-order chi connectivity index (χ1) is 38.5. The van der Waals surface area contributed by atoms with Gasteiger partial charge in [0.15, 0.2) is 0 Å². The van der Waals surface area contributed by atoms with Gasteiger partial charge in [-0.2, -0.15) is 0 Å². The molecule has 3 atom stereocenters. The van der Waals surface area contributed by atoms with Crippen molar-refractivity contribution in [3.8, 4) is 0 Å². The molecule has 0 radical (unpaired) electrons. The minimum Gasteiger partial charge on any atom is -0.387 e. The van der Waals surface area contributed by atoms with Crippen molar-refractivity contribution in [2.75, 3.05) is 40.9 Å². The number of carbonyl (C=O) groups is 1. The third kappa shape index (κ3) is 64.4. The SMILES string of the molecule is CCCCCCCCCCCCCCCCCCCCCCC/C=C/CC/C=C/C(O)C(COP(=O)(O)OCC[N+](C)(C)C)NC(=O)CCCCCCCCCCCCCCCCCCCCCCCCCCCCCCCC. The quantitative estimate of drug-likeness (QED) is 0.0243. The molecule has 0 fully saturated rings. The highest BCUT2D eigenvalue weighted by atomic mass is 31.2. The lowest BCUT2D eigenvalue weighted by atomic mass is 10.0. The van der Waals surface area contributed by atoms with E-state index < -0.39 is 20.0 Å². The van der Waals surface area contributed by atoms with Gasteiger partial charge >= 0.3 is 7.82 Å². The molecule has 0 saturated heterocycles. The fourth-order valence-corrected chi connectivity index (χ4v) is 11.7. The molecule has 8 nitrogen and oxygen atoms in total. The summed E-state index contributed by atoms with van der Waals surface area (Å²) >= 11 is 0. The number of quaternary nitrogens is 1. The molecular weight excluding hydrogens is 996 g/mol. The molecule has 3 N–H and O–H groups in total. The number of nitrogens with zero attached hydrogens (tertiary/aromatic N) is 1. The van der Waals surface area contributed by atoms with E-state index in [1.165, 1.54) is 308 Å². The van der Waals surface area contributed by atoms with Crippen LogP contribution in [0.5, 0.6) is 0 Å². The van der Waals surface area contributed by atoms with Gasteiger partial charge in [-0.1, -0.05) is 353 Å². The molecule has 0 bridgehead atoms. The van der Waals surface area contributed by atoms with Gasteiger partial charge in [0.1, 0.15) is 13.2 Å². The van der Waals surface area contributed by atoms with E-state index in [2.05, 4.69) is 31.3 Å². The average Bonchev–Trinajstić information content (AvgIpc) is 3.42. The van der Waals surface area contributed by atoms with E-state index in [-0.39, 0.29) is 19.1 Å². The summed E-state index contributed by atoms with van der Waals surface area (Å²) in [6.45, 7) is 4.86. The van der Waals surface area contributed by atoms with Gasteiger partial charge < -0.3 is 19.8 Å². The Morgan fingerprint density at radius 3 is 1.01 bits per heavy atom. The van der Waals surface area contributed by atoms with Gasteiger partial charge in [-0.25, -0.2) is 4.57 Å². The fraction of sp³-hybridized carbons (Fsp3) is 0.929. The van der Waals surface area contributed by atoms with Crippen molar-refractivity contribution in [3.63, 3.8) is 0 Å². The van der Waals surface area contributed by atoms with E-state index in [0.29, 0.717) is 17.4 Å². The zero-order valence-electron chi connectivity index (χ0n) is 53.9. The fourth-order valence-electron chi connectivity index (χ4n) is 10.9. The second kappa shape index (κ2) is 61.5. The highest BCUT2D eigenvalue weighted by Crippen LogP contribution is 2.43. The predicted octanol–water partition coefficient (Wildman–Crippen LogP) is 22.3. The average molecular weight is 1140 g/mol. The molecule has 3 unspecified atom stereocenters. The Morgan fingerprint density at radius 1 is 0.418 bits per heavy atom. The Labute approximate surface area is 494 Å². The molecule has 0 aromatic rings. The highest BCUT2D eigenvalue weighted by Gasteiger charge is 2.28. The van der Waals surface area contributed by atoms with Crippen LogP contribution in [0.15, 0.2) is 24.3 Å². The van der Waals surface area contributed by atoms with Crippen LogP contribution in [-0.4, -0.2) is 73.4 Å². The number of unbranched alkanes of at least 4 members (excludes halogenated alkanes) is 51. The van der Waals surface area contributed by atoms with Crippen LogP contribution in [0.25, 0.3) is 0 Å². The first-order valence-electron chi connectivity index (χ1n) is 35.2. The van der Waals surface area contributed by atoms with Gasteiger partial charge in [0.25, 0.3) is 0 Å². The Hall–Kier alpha value is -1.02. The third-order valence-electron chi connectivity index (χ3n) is 16.4. The lowest BCUT2D eigenvalue weighted by molar-refractivity contribution is -0.870. The molecular formula is C70H140N2O6P+. The van der Waals surface area contributed by atoms with Gasteiger partial charge in [-0.15, -0.1) is 0 Å². The first kappa shape index (κ1) is 78.0. The number of amides is 1. The first-order valence-corrected chi connectivity index (χ1v) is 36.7. The second-order valence-corrected chi connectivity index (χ2v) is 27.1. The summed E-state index contributed by atoms with van der Waals surface area (Å²) in [6.07, 6.45) is 80.5. The third-order valence-corrected chi connectivity index (χ3v) is 17.4.